The number of imidazole rings is 1. The lowest BCUT2D eigenvalue weighted by molar-refractivity contribution is 0.0853. The smallest absolute Gasteiger partial charge is 0.104 e. The van der Waals surface area contributed by atoms with Crippen LogP contribution in [0.5, 0.6) is 0 Å². The van der Waals surface area contributed by atoms with Crippen molar-refractivity contribution < 1.29 is 4.74 Å². The molecule has 0 spiro atoms. The van der Waals surface area contributed by atoms with Crippen molar-refractivity contribution in [3.63, 3.8) is 0 Å². The highest BCUT2D eigenvalue weighted by Crippen LogP contribution is 2.28. The van der Waals surface area contributed by atoms with E-state index in [4.69, 9.17) is 4.74 Å². The van der Waals surface area contributed by atoms with Gasteiger partial charge in [0, 0.05) is 13.2 Å². The van der Waals surface area contributed by atoms with E-state index in [1.165, 1.54) is 5.56 Å². The minimum atomic E-state index is 0.654. The molecule has 3 heteroatoms. The van der Waals surface area contributed by atoms with Crippen molar-refractivity contribution in [1.29, 1.82) is 0 Å². The van der Waals surface area contributed by atoms with Crippen molar-refractivity contribution in [2.75, 3.05) is 13.2 Å². The van der Waals surface area contributed by atoms with Crippen LogP contribution in [-0.4, -0.2) is 23.2 Å². The zero-order valence-electron chi connectivity index (χ0n) is 9.49. The van der Waals surface area contributed by atoms with Crippen molar-refractivity contribution in [2.24, 2.45) is 0 Å². The molecule has 3 nitrogen and oxygen atoms in total. The Morgan fingerprint density at radius 3 is 2.94 bits per heavy atom. The van der Waals surface area contributed by atoms with Crippen molar-refractivity contribution in [3.05, 3.63) is 29.6 Å². The lowest BCUT2D eigenvalue weighted by Crippen LogP contribution is -2.13. The quantitative estimate of drug-likeness (QED) is 0.796. The summed E-state index contributed by atoms with van der Waals surface area (Å²) < 4.78 is 5.39. The van der Waals surface area contributed by atoms with E-state index in [-0.39, 0.29) is 0 Å². The van der Waals surface area contributed by atoms with Gasteiger partial charge in [-0.3, -0.25) is 0 Å². The molecule has 0 aliphatic carbocycles. The summed E-state index contributed by atoms with van der Waals surface area (Å²) in [6.45, 7) is 3.78. The van der Waals surface area contributed by atoms with E-state index in [9.17, 15) is 0 Å². The molecular weight excluding hydrogens is 200 g/mol. The maximum Gasteiger partial charge on any atom is 0.104 e. The molecule has 0 saturated carbocycles. The Balaban J connectivity index is 1.97. The maximum atomic E-state index is 5.39. The van der Waals surface area contributed by atoms with Crippen molar-refractivity contribution in [1.82, 2.24) is 9.97 Å². The number of aromatic nitrogens is 2. The third kappa shape index (κ3) is 1.71. The number of aromatic amines is 1. The third-order valence-electron chi connectivity index (χ3n) is 3.32. The number of nitrogens with one attached hydrogen (secondary N) is 1. The Morgan fingerprint density at radius 2 is 2.12 bits per heavy atom. The molecule has 1 aromatic heterocycles. The maximum absolute atomic E-state index is 5.39. The van der Waals surface area contributed by atoms with E-state index in [0.29, 0.717) is 5.92 Å². The minimum absolute atomic E-state index is 0.654. The first-order valence-electron chi connectivity index (χ1n) is 5.87. The van der Waals surface area contributed by atoms with Crippen LogP contribution >= 0.6 is 0 Å². The topological polar surface area (TPSA) is 37.9 Å². The molecular formula is C13H16N2O. The lowest BCUT2D eigenvalue weighted by atomic mass is 9.91. The molecule has 2 heterocycles. The largest absolute Gasteiger partial charge is 0.381 e. The van der Waals surface area contributed by atoms with Crippen LogP contribution in [0.2, 0.25) is 0 Å². The van der Waals surface area contributed by atoms with E-state index >= 15 is 0 Å². The molecule has 1 aliphatic heterocycles. The molecule has 0 amide bonds. The summed E-state index contributed by atoms with van der Waals surface area (Å²) in [5.41, 5.74) is 3.63. The van der Waals surface area contributed by atoms with Crippen LogP contribution in [0.4, 0.5) is 0 Å². The monoisotopic (exact) mass is 216 g/mol. The van der Waals surface area contributed by atoms with Crippen LogP contribution in [-0.2, 0) is 4.74 Å². The average Bonchev–Trinajstić information content (AvgIpc) is 2.69. The Hall–Kier alpha value is -1.35. The molecule has 0 atom stereocenters. The highest BCUT2D eigenvalue weighted by molar-refractivity contribution is 5.76. The summed E-state index contributed by atoms with van der Waals surface area (Å²) in [5, 5.41) is 0. The first-order chi connectivity index (χ1) is 7.83. The number of rotatable bonds is 1. The third-order valence-corrected chi connectivity index (χ3v) is 3.32. The molecule has 0 bridgehead atoms. The molecule has 16 heavy (non-hydrogen) atoms. The zero-order valence-corrected chi connectivity index (χ0v) is 9.49. The van der Waals surface area contributed by atoms with E-state index < -0.39 is 0 Å². The molecule has 1 fully saturated rings. The van der Waals surface area contributed by atoms with Crippen LogP contribution in [0.1, 0.15) is 30.1 Å². The second-order valence-electron chi connectivity index (χ2n) is 4.49. The summed E-state index contributed by atoms with van der Waals surface area (Å²) >= 11 is 0. The number of ether oxygens (including phenoxy) is 1. The van der Waals surface area contributed by atoms with Crippen LogP contribution < -0.4 is 0 Å². The van der Waals surface area contributed by atoms with Crippen molar-refractivity contribution >= 4 is 11.0 Å². The Kier molecular flexibility index (Phi) is 2.40. The zero-order chi connectivity index (χ0) is 11.0. The first kappa shape index (κ1) is 9.85. The number of aryl methyl sites for hydroxylation is 1. The number of nitrogens with zero attached hydrogens (tertiary/aromatic N) is 1. The highest BCUT2D eigenvalue weighted by Gasteiger charge is 2.16. The predicted octanol–water partition coefficient (Wildman–Crippen LogP) is 2.77. The molecule has 3 rings (SSSR count). The van der Waals surface area contributed by atoms with Crippen LogP contribution in [0.25, 0.3) is 11.0 Å². The van der Waals surface area contributed by atoms with Gasteiger partial charge in [0.2, 0.25) is 0 Å². The van der Waals surface area contributed by atoms with Gasteiger partial charge in [0.05, 0.1) is 11.0 Å². The molecule has 84 valence electrons. The van der Waals surface area contributed by atoms with Crippen LogP contribution in [0.15, 0.2) is 18.2 Å². The van der Waals surface area contributed by atoms with Gasteiger partial charge in [-0.1, -0.05) is 6.07 Å². The number of H-pyrrole nitrogens is 1. The summed E-state index contributed by atoms with van der Waals surface area (Å²) in [5.74, 6) is 1.64. The van der Waals surface area contributed by atoms with Gasteiger partial charge in [-0.15, -0.1) is 0 Å². The van der Waals surface area contributed by atoms with Crippen molar-refractivity contribution in [3.8, 4) is 0 Å². The van der Waals surface area contributed by atoms with Gasteiger partial charge < -0.3 is 9.72 Å². The molecule has 1 saturated heterocycles. The fourth-order valence-electron chi connectivity index (χ4n) is 2.44. The van der Waals surface area contributed by atoms with Gasteiger partial charge in [0.25, 0.3) is 0 Å². The van der Waals surface area contributed by atoms with Gasteiger partial charge in [0.15, 0.2) is 0 Å². The summed E-state index contributed by atoms with van der Waals surface area (Å²) in [7, 11) is 0. The van der Waals surface area contributed by atoms with Crippen LogP contribution in [0.3, 0.4) is 0 Å². The predicted molar refractivity (Wildman–Crippen MR) is 63.6 cm³/mol. The summed E-state index contributed by atoms with van der Waals surface area (Å²) in [6, 6.07) is 6.56. The lowest BCUT2D eigenvalue weighted by Gasteiger charge is -2.22. The molecule has 1 aliphatic rings. The van der Waals surface area contributed by atoms with Gasteiger partial charge in [-0.25, -0.2) is 4.98 Å². The van der Waals surface area contributed by atoms with E-state index in [0.717, 1.165) is 42.9 Å². The van der Waals surface area contributed by atoms with Gasteiger partial charge >= 0.3 is 0 Å². The second-order valence-corrected chi connectivity index (χ2v) is 4.49. The molecule has 0 unspecified atom stereocenters. The number of hydrogen-bond donors (Lipinski definition) is 1. The first-order valence-corrected chi connectivity index (χ1v) is 5.87. The van der Waals surface area contributed by atoms with Crippen LogP contribution in [0, 0.1) is 6.92 Å². The number of hydrogen-bond acceptors (Lipinski definition) is 2. The molecule has 1 N–H and O–H groups in total. The van der Waals surface area contributed by atoms with Crippen molar-refractivity contribution in [2.45, 2.75) is 25.7 Å². The van der Waals surface area contributed by atoms with E-state index in [1.54, 1.807) is 0 Å². The van der Waals surface area contributed by atoms with Gasteiger partial charge in [-0.2, -0.15) is 0 Å². The Labute approximate surface area is 94.8 Å². The van der Waals surface area contributed by atoms with E-state index in [2.05, 4.69) is 28.2 Å². The Morgan fingerprint density at radius 1 is 1.31 bits per heavy atom. The van der Waals surface area contributed by atoms with Gasteiger partial charge in [-0.05, 0) is 43.4 Å². The molecule has 1 aromatic carbocycles. The second kappa shape index (κ2) is 3.91. The standard InChI is InChI=1S/C13H16N2O/c1-9-14-12-3-2-11(8-13(12)15-9)10-4-6-16-7-5-10/h2-3,8,10H,4-7H2,1H3,(H,14,15). The minimum Gasteiger partial charge on any atom is -0.381 e. The number of fused-ring (bicyclic) bond motifs is 1. The van der Waals surface area contributed by atoms with E-state index in [1.807, 2.05) is 6.92 Å². The van der Waals surface area contributed by atoms with Gasteiger partial charge in [0.1, 0.15) is 5.82 Å². The Bertz CT molecular complexity index is 498. The fraction of sp³-hybridized carbons (Fsp3) is 0.462. The summed E-state index contributed by atoms with van der Waals surface area (Å²) in [4.78, 5) is 7.71. The molecule has 0 radical (unpaired) electrons. The number of benzene rings is 1. The highest BCUT2D eigenvalue weighted by atomic mass is 16.5. The SMILES string of the molecule is Cc1nc2ccc(C3CCOCC3)cc2[nH]1. The summed E-state index contributed by atoms with van der Waals surface area (Å²) in [6.07, 6.45) is 2.28. The average molecular weight is 216 g/mol. The normalized spacial score (nSPS) is 18.1. The fourth-order valence-corrected chi connectivity index (χ4v) is 2.44. The molecule has 2 aromatic rings.